The molecular weight excluding hydrogens is 348 g/mol. The normalized spacial score (nSPS) is 29.6. The maximum absolute atomic E-state index is 10.6. The van der Waals surface area contributed by atoms with E-state index >= 15 is 0 Å². The lowest BCUT2D eigenvalue weighted by atomic mass is 9.42. The summed E-state index contributed by atoms with van der Waals surface area (Å²) in [5, 5.41) is 19.1. The second-order valence-corrected chi connectivity index (χ2v) is 10.1. The van der Waals surface area contributed by atoms with Gasteiger partial charge >= 0.3 is 5.97 Å². The minimum atomic E-state index is -0.687. The SMILES string of the molecule is CCCCC[C@H](O)CCC1C[C@H]2C[C@@H]([C@@H]1C/C=C\CCCCC(=O)O)C2(C)C. The maximum atomic E-state index is 10.6. The molecule has 3 saturated carbocycles. The summed E-state index contributed by atoms with van der Waals surface area (Å²) in [7, 11) is 0. The van der Waals surface area contributed by atoms with Gasteiger partial charge < -0.3 is 10.2 Å². The van der Waals surface area contributed by atoms with Crippen LogP contribution in [0.4, 0.5) is 0 Å². The second-order valence-electron chi connectivity index (χ2n) is 10.1. The fourth-order valence-corrected chi connectivity index (χ4v) is 5.83. The van der Waals surface area contributed by atoms with Crippen molar-refractivity contribution in [2.45, 2.75) is 110 Å². The molecule has 0 heterocycles. The highest BCUT2D eigenvalue weighted by Gasteiger charge is 2.56. The van der Waals surface area contributed by atoms with Gasteiger partial charge in [0.1, 0.15) is 0 Å². The molecule has 0 aliphatic heterocycles. The number of fused-ring (bicyclic) bond motifs is 2. The van der Waals surface area contributed by atoms with E-state index in [4.69, 9.17) is 5.11 Å². The Morgan fingerprint density at radius 1 is 1.11 bits per heavy atom. The first-order valence-corrected chi connectivity index (χ1v) is 11.9. The molecule has 5 atom stereocenters. The molecule has 0 amide bonds. The summed E-state index contributed by atoms with van der Waals surface area (Å²) in [6.07, 6.45) is 18.2. The third kappa shape index (κ3) is 6.61. The van der Waals surface area contributed by atoms with Gasteiger partial charge in [0, 0.05) is 6.42 Å². The molecule has 0 radical (unpaired) electrons. The Bertz CT molecular complexity index is 496. The third-order valence-corrected chi connectivity index (χ3v) is 7.85. The Kier molecular flexibility index (Phi) is 9.53. The first-order chi connectivity index (χ1) is 13.4. The van der Waals surface area contributed by atoms with Crippen LogP contribution in [0.5, 0.6) is 0 Å². The average molecular weight is 393 g/mol. The zero-order valence-electron chi connectivity index (χ0n) is 18.5. The number of carboxylic acids is 1. The molecule has 3 heteroatoms. The van der Waals surface area contributed by atoms with Gasteiger partial charge in [0.25, 0.3) is 0 Å². The highest BCUT2D eigenvalue weighted by molar-refractivity contribution is 5.66. The Hall–Kier alpha value is -0.830. The quantitative estimate of drug-likeness (QED) is 0.259. The first-order valence-electron chi connectivity index (χ1n) is 11.9. The third-order valence-electron chi connectivity index (χ3n) is 7.85. The molecule has 0 aromatic heterocycles. The van der Waals surface area contributed by atoms with Crippen LogP contribution in [-0.2, 0) is 4.79 Å². The van der Waals surface area contributed by atoms with Crippen LogP contribution in [0.1, 0.15) is 104 Å². The summed E-state index contributed by atoms with van der Waals surface area (Å²) in [5.74, 6) is 2.57. The Morgan fingerprint density at radius 2 is 1.89 bits per heavy atom. The van der Waals surface area contributed by atoms with Gasteiger partial charge in [0.2, 0.25) is 0 Å². The lowest BCUT2D eigenvalue weighted by molar-refractivity contribution is -0.137. The van der Waals surface area contributed by atoms with E-state index in [1.54, 1.807) is 0 Å². The van der Waals surface area contributed by atoms with Crippen LogP contribution in [0.3, 0.4) is 0 Å². The number of aliphatic hydroxyl groups excluding tert-OH is 1. The van der Waals surface area contributed by atoms with Crippen LogP contribution in [0.15, 0.2) is 12.2 Å². The molecule has 3 aliphatic rings. The lowest BCUT2D eigenvalue weighted by Gasteiger charge is -2.63. The number of hydrogen-bond acceptors (Lipinski definition) is 2. The molecule has 2 bridgehead atoms. The number of hydrogen-bond donors (Lipinski definition) is 2. The van der Waals surface area contributed by atoms with Crippen LogP contribution in [0.2, 0.25) is 0 Å². The molecule has 3 fully saturated rings. The molecule has 0 spiro atoms. The minimum absolute atomic E-state index is 0.108. The summed E-state index contributed by atoms with van der Waals surface area (Å²) >= 11 is 0. The number of allylic oxidation sites excluding steroid dienone is 2. The Balaban J connectivity index is 1.78. The summed E-state index contributed by atoms with van der Waals surface area (Å²) in [6.45, 7) is 7.14. The van der Waals surface area contributed by atoms with E-state index in [2.05, 4.69) is 32.9 Å². The predicted molar refractivity (Wildman–Crippen MR) is 116 cm³/mol. The molecule has 0 aromatic carbocycles. The zero-order chi connectivity index (χ0) is 20.6. The molecule has 0 saturated heterocycles. The molecule has 0 aromatic rings. The van der Waals surface area contributed by atoms with E-state index < -0.39 is 5.97 Å². The molecule has 1 unspecified atom stereocenters. The van der Waals surface area contributed by atoms with Gasteiger partial charge in [0.15, 0.2) is 0 Å². The molecule has 2 N–H and O–H groups in total. The highest BCUT2D eigenvalue weighted by Crippen LogP contribution is 2.64. The van der Waals surface area contributed by atoms with Crippen molar-refractivity contribution in [1.82, 2.24) is 0 Å². The second kappa shape index (κ2) is 11.4. The number of carbonyl (C=O) groups is 1. The molecule has 3 rings (SSSR count). The van der Waals surface area contributed by atoms with Gasteiger partial charge in [-0.2, -0.15) is 0 Å². The van der Waals surface area contributed by atoms with Crippen molar-refractivity contribution in [3.05, 3.63) is 12.2 Å². The largest absolute Gasteiger partial charge is 0.481 e. The standard InChI is InChI=1S/C25H44O3/c1-4-5-9-12-21(26)16-15-19-17-20-18-23(25(20,2)3)22(19)13-10-7-6-8-11-14-24(27)28/h7,10,19-23,26H,4-6,8-9,11-18H2,1-3H3,(H,27,28)/b10-7-/t19?,20-,21-,22+,23-/m0/s1. The molecule has 162 valence electrons. The lowest BCUT2D eigenvalue weighted by Crippen LogP contribution is -2.55. The predicted octanol–water partition coefficient (Wildman–Crippen LogP) is 6.60. The fraction of sp³-hybridized carbons (Fsp3) is 0.880. The Morgan fingerprint density at radius 3 is 2.57 bits per heavy atom. The van der Waals surface area contributed by atoms with Gasteiger partial charge in [-0.05, 0) is 86.9 Å². The Labute approximate surface area is 173 Å². The molecule has 28 heavy (non-hydrogen) atoms. The summed E-state index contributed by atoms with van der Waals surface area (Å²) in [6, 6.07) is 0. The van der Waals surface area contributed by atoms with Crippen molar-refractivity contribution in [2.24, 2.45) is 29.1 Å². The number of aliphatic carboxylic acids is 1. The minimum Gasteiger partial charge on any atom is -0.481 e. The summed E-state index contributed by atoms with van der Waals surface area (Å²) < 4.78 is 0. The van der Waals surface area contributed by atoms with Crippen LogP contribution < -0.4 is 0 Å². The number of carboxylic acid groups (broad SMARTS) is 1. The van der Waals surface area contributed by atoms with Crippen LogP contribution in [-0.4, -0.2) is 22.3 Å². The number of aliphatic hydroxyl groups is 1. The first kappa shape index (κ1) is 23.4. The van der Waals surface area contributed by atoms with Crippen LogP contribution in [0.25, 0.3) is 0 Å². The van der Waals surface area contributed by atoms with Crippen molar-refractivity contribution < 1.29 is 15.0 Å². The molecule has 3 nitrogen and oxygen atoms in total. The van der Waals surface area contributed by atoms with Crippen molar-refractivity contribution in [3.63, 3.8) is 0 Å². The number of rotatable bonds is 14. The van der Waals surface area contributed by atoms with Crippen molar-refractivity contribution in [1.29, 1.82) is 0 Å². The van der Waals surface area contributed by atoms with E-state index in [0.29, 0.717) is 5.41 Å². The topological polar surface area (TPSA) is 57.5 Å². The van der Waals surface area contributed by atoms with E-state index in [-0.39, 0.29) is 12.5 Å². The van der Waals surface area contributed by atoms with Gasteiger partial charge in [-0.3, -0.25) is 4.79 Å². The van der Waals surface area contributed by atoms with Gasteiger partial charge in [-0.1, -0.05) is 52.2 Å². The average Bonchev–Trinajstić information content (AvgIpc) is 2.65. The highest BCUT2D eigenvalue weighted by atomic mass is 16.4. The fourth-order valence-electron chi connectivity index (χ4n) is 5.83. The van der Waals surface area contributed by atoms with Crippen molar-refractivity contribution in [3.8, 4) is 0 Å². The van der Waals surface area contributed by atoms with Gasteiger partial charge in [-0.25, -0.2) is 0 Å². The summed E-state index contributed by atoms with van der Waals surface area (Å²) in [5.41, 5.74) is 0.496. The van der Waals surface area contributed by atoms with E-state index in [1.165, 1.54) is 32.1 Å². The van der Waals surface area contributed by atoms with Crippen LogP contribution >= 0.6 is 0 Å². The van der Waals surface area contributed by atoms with Gasteiger partial charge in [-0.15, -0.1) is 0 Å². The zero-order valence-corrected chi connectivity index (χ0v) is 18.5. The smallest absolute Gasteiger partial charge is 0.303 e. The molecule has 3 aliphatic carbocycles. The monoisotopic (exact) mass is 392 g/mol. The van der Waals surface area contributed by atoms with Crippen LogP contribution in [0, 0.1) is 29.1 Å². The maximum Gasteiger partial charge on any atom is 0.303 e. The van der Waals surface area contributed by atoms with E-state index in [1.807, 2.05) is 0 Å². The van der Waals surface area contributed by atoms with Gasteiger partial charge in [0.05, 0.1) is 6.10 Å². The van der Waals surface area contributed by atoms with Crippen molar-refractivity contribution >= 4 is 5.97 Å². The van der Waals surface area contributed by atoms with E-state index in [9.17, 15) is 9.90 Å². The van der Waals surface area contributed by atoms with Crippen molar-refractivity contribution in [2.75, 3.05) is 0 Å². The number of unbranched alkanes of at least 4 members (excludes halogenated alkanes) is 4. The molecular formula is C25H44O3. The summed E-state index contributed by atoms with van der Waals surface area (Å²) in [4.78, 5) is 10.6. The van der Waals surface area contributed by atoms with E-state index in [0.717, 1.165) is 68.6 Å².